The van der Waals surface area contributed by atoms with Gasteiger partial charge in [-0.05, 0) is 18.6 Å². The molecule has 1 atom stereocenters. The maximum Gasteiger partial charge on any atom is 0.231 e. The van der Waals surface area contributed by atoms with Crippen molar-refractivity contribution in [3.05, 3.63) is 0 Å². The van der Waals surface area contributed by atoms with Crippen LogP contribution in [0.5, 0.6) is 0 Å². The highest BCUT2D eigenvalue weighted by Gasteiger charge is 2.14. The zero-order valence-electron chi connectivity index (χ0n) is 10.9. The van der Waals surface area contributed by atoms with Crippen molar-refractivity contribution in [2.45, 2.75) is 24.5 Å². The number of hydrogen-bond acceptors (Lipinski definition) is 7. The summed E-state index contributed by atoms with van der Waals surface area (Å²) in [5.74, 6) is 2.67. The maximum atomic E-state index is 5.67. The molecule has 1 fully saturated rings. The molecule has 3 N–H and O–H groups in total. The minimum absolute atomic E-state index is 0.257. The zero-order chi connectivity index (χ0) is 13.0. The van der Waals surface area contributed by atoms with Crippen LogP contribution in [0, 0.1) is 0 Å². The largest absolute Gasteiger partial charge is 0.368 e. The number of thioether (sulfide) groups is 1. The quantitative estimate of drug-likeness (QED) is 0.849. The first-order valence-corrected chi connectivity index (χ1v) is 7.24. The minimum Gasteiger partial charge on any atom is -0.368 e. The van der Waals surface area contributed by atoms with Gasteiger partial charge in [0.2, 0.25) is 17.8 Å². The molecule has 1 aliphatic heterocycles. The van der Waals surface area contributed by atoms with E-state index < -0.39 is 0 Å². The number of nitrogens with two attached hydrogens (primary N) is 1. The smallest absolute Gasteiger partial charge is 0.231 e. The van der Waals surface area contributed by atoms with E-state index in [0.717, 1.165) is 6.54 Å². The second-order valence-electron chi connectivity index (χ2n) is 4.58. The maximum absolute atomic E-state index is 5.67. The van der Waals surface area contributed by atoms with E-state index in [1.54, 1.807) is 0 Å². The van der Waals surface area contributed by atoms with Crippen LogP contribution < -0.4 is 16.0 Å². The number of nitrogen functional groups attached to an aromatic ring is 1. The molecule has 7 heteroatoms. The van der Waals surface area contributed by atoms with Crippen LogP contribution in [-0.4, -0.2) is 46.6 Å². The van der Waals surface area contributed by atoms with Crippen LogP contribution in [0.2, 0.25) is 0 Å². The van der Waals surface area contributed by atoms with Gasteiger partial charge in [0.25, 0.3) is 0 Å². The standard InChI is InChI=1S/C11H20N6S/c1-17(2)11-15-9(12)14-10(16-11)13-7-8-5-3-4-6-18-8/h8H,3-7H2,1-2H3,(H3,12,13,14,15,16). The van der Waals surface area contributed by atoms with Gasteiger partial charge in [-0.2, -0.15) is 26.7 Å². The number of nitrogens with zero attached hydrogens (tertiary/aromatic N) is 4. The summed E-state index contributed by atoms with van der Waals surface area (Å²) >= 11 is 2.02. The predicted octanol–water partition coefficient (Wildman–Crippen LogP) is 1.22. The fourth-order valence-electron chi connectivity index (χ4n) is 1.83. The molecule has 1 aromatic heterocycles. The Kier molecular flexibility index (Phi) is 4.46. The van der Waals surface area contributed by atoms with E-state index in [0.29, 0.717) is 17.1 Å². The first-order valence-electron chi connectivity index (χ1n) is 6.19. The third-order valence-corrected chi connectivity index (χ3v) is 4.20. The van der Waals surface area contributed by atoms with Gasteiger partial charge in [0.15, 0.2) is 0 Å². The Labute approximate surface area is 112 Å². The highest BCUT2D eigenvalue weighted by Crippen LogP contribution is 2.25. The fourth-order valence-corrected chi connectivity index (χ4v) is 3.07. The number of aromatic nitrogens is 3. The molecule has 100 valence electrons. The lowest BCUT2D eigenvalue weighted by Gasteiger charge is -2.21. The molecule has 1 saturated heterocycles. The summed E-state index contributed by atoms with van der Waals surface area (Å²) in [6, 6.07) is 0. The Hall–Kier alpha value is -1.24. The molecule has 2 heterocycles. The summed E-state index contributed by atoms with van der Waals surface area (Å²) in [6.07, 6.45) is 3.92. The van der Waals surface area contributed by atoms with Crippen LogP contribution >= 0.6 is 11.8 Å². The molecule has 1 aromatic rings. The Morgan fingerprint density at radius 3 is 2.83 bits per heavy atom. The lowest BCUT2D eigenvalue weighted by molar-refractivity contribution is 0.676. The second-order valence-corrected chi connectivity index (χ2v) is 5.99. The molecule has 1 unspecified atom stereocenters. The van der Waals surface area contributed by atoms with E-state index in [1.165, 1.54) is 25.0 Å². The highest BCUT2D eigenvalue weighted by atomic mass is 32.2. The molecule has 0 amide bonds. The summed E-state index contributed by atoms with van der Waals surface area (Å²) in [5.41, 5.74) is 5.67. The average molecular weight is 268 g/mol. The molecule has 18 heavy (non-hydrogen) atoms. The molecule has 0 aliphatic carbocycles. The Bertz CT molecular complexity index is 391. The first-order chi connectivity index (χ1) is 8.65. The Morgan fingerprint density at radius 1 is 1.33 bits per heavy atom. The SMILES string of the molecule is CN(C)c1nc(N)nc(NCC2CCCCS2)n1. The van der Waals surface area contributed by atoms with Gasteiger partial charge in [-0.15, -0.1) is 0 Å². The summed E-state index contributed by atoms with van der Waals surface area (Å²) in [6.45, 7) is 0.890. The van der Waals surface area contributed by atoms with E-state index in [-0.39, 0.29) is 5.95 Å². The molecule has 0 aromatic carbocycles. The molecular formula is C11H20N6S. The van der Waals surface area contributed by atoms with Gasteiger partial charge in [0.1, 0.15) is 0 Å². The number of rotatable bonds is 4. The van der Waals surface area contributed by atoms with Gasteiger partial charge < -0.3 is 16.0 Å². The van der Waals surface area contributed by atoms with Gasteiger partial charge in [-0.3, -0.25) is 0 Å². The van der Waals surface area contributed by atoms with E-state index in [2.05, 4.69) is 20.3 Å². The van der Waals surface area contributed by atoms with Crippen molar-refractivity contribution in [2.24, 2.45) is 0 Å². The van der Waals surface area contributed by atoms with E-state index in [4.69, 9.17) is 5.73 Å². The van der Waals surface area contributed by atoms with Crippen molar-refractivity contribution in [3.8, 4) is 0 Å². The molecule has 1 aliphatic rings. The lowest BCUT2D eigenvalue weighted by atomic mass is 10.2. The topological polar surface area (TPSA) is 80.0 Å². The summed E-state index contributed by atoms with van der Waals surface area (Å²) in [4.78, 5) is 14.3. The van der Waals surface area contributed by atoms with Gasteiger partial charge in [0.05, 0.1) is 0 Å². The minimum atomic E-state index is 0.257. The molecule has 0 spiro atoms. The monoisotopic (exact) mass is 268 g/mol. The molecule has 0 radical (unpaired) electrons. The van der Waals surface area contributed by atoms with Crippen molar-refractivity contribution in [2.75, 3.05) is 42.3 Å². The van der Waals surface area contributed by atoms with Crippen LogP contribution in [0.25, 0.3) is 0 Å². The van der Waals surface area contributed by atoms with E-state index in [1.807, 2.05) is 30.8 Å². The Balaban J connectivity index is 1.95. The third-order valence-electron chi connectivity index (χ3n) is 2.80. The molecule has 0 saturated carbocycles. The van der Waals surface area contributed by atoms with Crippen LogP contribution in [0.4, 0.5) is 17.8 Å². The van der Waals surface area contributed by atoms with E-state index in [9.17, 15) is 0 Å². The van der Waals surface area contributed by atoms with Crippen molar-refractivity contribution >= 4 is 29.6 Å². The average Bonchev–Trinajstić information content (AvgIpc) is 2.37. The third kappa shape index (κ3) is 3.63. The van der Waals surface area contributed by atoms with Crippen LogP contribution in [0.3, 0.4) is 0 Å². The second kappa shape index (κ2) is 6.08. The number of hydrogen-bond donors (Lipinski definition) is 2. The van der Waals surface area contributed by atoms with Crippen molar-refractivity contribution in [3.63, 3.8) is 0 Å². The van der Waals surface area contributed by atoms with Crippen LogP contribution in [-0.2, 0) is 0 Å². The number of anilines is 3. The van der Waals surface area contributed by atoms with Gasteiger partial charge in [0, 0.05) is 25.9 Å². The first kappa shape index (κ1) is 13.2. The lowest BCUT2D eigenvalue weighted by Crippen LogP contribution is -2.22. The van der Waals surface area contributed by atoms with Gasteiger partial charge in [-0.25, -0.2) is 0 Å². The normalized spacial score (nSPS) is 19.6. The van der Waals surface area contributed by atoms with Crippen LogP contribution in [0.1, 0.15) is 19.3 Å². The predicted molar refractivity (Wildman–Crippen MR) is 77.2 cm³/mol. The molecule has 2 rings (SSSR count). The fraction of sp³-hybridized carbons (Fsp3) is 0.727. The van der Waals surface area contributed by atoms with Gasteiger partial charge in [-0.1, -0.05) is 6.42 Å². The summed E-state index contributed by atoms with van der Waals surface area (Å²) in [5, 5.41) is 3.91. The molecular weight excluding hydrogens is 248 g/mol. The Morgan fingerprint density at radius 2 is 2.17 bits per heavy atom. The van der Waals surface area contributed by atoms with Crippen LogP contribution in [0.15, 0.2) is 0 Å². The van der Waals surface area contributed by atoms with E-state index >= 15 is 0 Å². The zero-order valence-corrected chi connectivity index (χ0v) is 11.7. The molecule has 6 nitrogen and oxygen atoms in total. The molecule has 0 bridgehead atoms. The number of nitrogens with one attached hydrogen (secondary N) is 1. The highest BCUT2D eigenvalue weighted by molar-refractivity contribution is 7.99. The van der Waals surface area contributed by atoms with Crippen molar-refractivity contribution in [1.29, 1.82) is 0 Å². The summed E-state index contributed by atoms with van der Waals surface area (Å²) < 4.78 is 0. The van der Waals surface area contributed by atoms with Crippen molar-refractivity contribution < 1.29 is 0 Å². The summed E-state index contributed by atoms with van der Waals surface area (Å²) in [7, 11) is 3.77. The van der Waals surface area contributed by atoms with Crippen molar-refractivity contribution in [1.82, 2.24) is 15.0 Å². The van der Waals surface area contributed by atoms with Gasteiger partial charge >= 0.3 is 0 Å².